The lowest BCUT2D eigenvalue weighted by molar-refractivity contribution is 0.262. The van der Waals surface area contributed by atoms with Crippen molar-refractivity contribution >= 4 is 34.7 Å². The quantitative estimate of drug-likeness (QED) is 0.743. The molecule has 6 heteroatoms. The van der Waals surface area contributed by atoms with E-state index in [-0.39, 0.29) is 6.03 Å². The summed E-state index contributed by atoms with van der Waals surface area (Å²) < 4.78 is 1.95. The lowest BCUT2D eigenvalue weighted by Crippen LogP contribution is -2.19. The third kappa shape index (κ3) is 2.76. The number of anilines is 2. The molecule has 2 aromatic heterocycles. The van der Waals surface area contributed by atoms with Crippen molar-refractivity contribution in [2.75, 3.05) is 10.6 Å². The summed E-state index contributed by atoms with van der Waals surface area (Å²) in [5.74, 6) is 0. The molecule has 0 saturated carbocycles. The summed E-state index contributed by atoms with van der Waals surface area (Å²) in [6.07, 6.45) is 1.92. The first-order valence-electron chi connectivity index (χ1n) is 6.82. The molecule has 0 saturated heterocycles. The monoisotopic (exact) mass is 314 g/mol. The van der Waals surface area contributed by atoms with Crippen LogP contribution in [0.2, 0.25) is 5.02 Å². The van der Waals surface area contributed by atoms with Gasteiger partial charge >= 0.3 is 6.03 Å². The van der Waals surface area contributed by atoms with Crippen molar-refractivity contribution < 1.29 is 4.79 Å². The van der Waals surface area contributed by atoms with Gasteiger partial charge in [0.25, 0.3) is 0 Å². The van der Waals surface area contributed by atoms with Crippen LogP contribution in [0.3, 0.4) is 0 Å². The number of halogens is 1. The van der Waals surface area contributed by atoms with Crippen LogP contribution in [-0.4, -0.2) is 15.4 Å². The van der Waals surface area contributed by atoms with E-state index < -0.39 is 0 Å². The zero-order valence-electron chi connectivity index (χ0n) is 12.2. The smallest absolute Gasteiger partial charge is 0.308 e. The molecule has 2 amide bonds. The predicted molar refractivity (Wildman–Crippen MR) is 88.8 cm³/mol. The lowest BCUT2D eigenvalue weighted by Gasteiger charge is -2.09. The Morgan fingerprint density at radius 1 is 1.18 bits per heavy atom. The average Bonchev–Trinajstić information content (AvgIpc) is 2.76. The zero-order valence-corrected chi connectivity index (χ0v) is 13.0. The molecule has 112 valence electrons. The number of fused-ring (bicyclic) bond motifs is 1. The molecule has 3 aromatic rings. The van der Waals surface area contributed by atoms with Crippen molar-refractivity contribution in [3.05, 3.63) is 59.0 Å². The van der Waals surface area contributed by atoms with Crippen LogP contribution in [0.1, 0.15) is 11.4 Å². The van der Waals surface area contributed by atoms with E-state index >= 15 is 0 Å². The van der Waals surface area contributed by atoms with Crippen LogP contribution in [0.25, 0.3) is 5.65 Å². The van der Waals surface area contributed by atoms with E-state index in [2.05, 4.69) is 15.6 Å². The highest BCUT2D eigenvalue weighted by molar-refractivity contribution is 6.30. The number of carbonyl (C=O) groups excluding carboxylic acids is 1. The van der Waals surface area contributed by atoms with E-state index in [4.69, 9.17) is 11.6 Å². The molecule has 0 bridgehead atoms. The fourth-order valence-electron chi connectivity index (χ4n) is 2.25. The Labute approximate surface area is 132 Å². The van der Waals surface area contributed by atoms with Crippen molar-refractivity contribution in [2.24, 2.45) is 0 Å². The van der Waals surface area contributed by atoms with E-state index in [1.165, 1.54) is 0 Å². The van der Waals surface area contributed by atoms with Crippen LogP contribution in [0.5, 0.6) is 0 Å². The van der Waals surface area contributed by atoms with Gasteiger partial charge < -0.3 is 15.0 Å². The molecule has 2 N–H and O–H groups in total. The number of hydrogen-bond donors (Lipinski definition) is 2. The summed E-state index contributed by atoms with van der Waals surface area (Å²) in [4.78, 5) is 16.6. The minimum atomic E-state index is -0.339. The van der Waals surface area contributed by atoms with Crippen molar-refractivity contribution in [2.45, 2.75) is 13.8 Å². The maximum Gasteiger partial charge on any atom is 0.323 e. The Bertz CT molecular complexity index is 856. The number of benzene rings is 1. The third-order valence-electron chi connectivity index (χ3n) is 3.46. The van der Waals surface area contributed by atoms with E-state index in [9.17, 15) is 4.79 Å². The molecule has 0 aliphatic heterocycles. The van der Waals surface area contributed by atoms with Crippen molar-refractivity contribution in [3.8, 4) is 0 Å². The Morgan fingerprint density at radius 3 is 2.77 bits per heavy atom. The van der Waals surface area contributed by atoms with Gasteiger partial charge in [0.05, 0.1) is 11.4 Å². The minimum Gasteiger partial charge on any atom is -0.308 e. The Hall–Kier alpha value is -2.53. The van der Waals surface area contributed by atoms with E-state index in [0.717, 1.165) is 17.0 Å². The van der Waals surface area contributed by atoms with E-state index in [1.807, 2.05) is 36.6 Å². The normalized spacial score (nSPS) is 10.7. The molecular weight excluding hydrogens is 300 g/mol. The predicted octanol–water partition coefficient (Wildman–Crippen LogP) is 4.25. The van der Waals surface area contributed by atoms with Gasteiger partial charge in [0.2, 0.25) is 0 Å². The second kappa shape index (κ2) is 5.69. The van der Waals surface area contributed by atoms with Crippen LogP contribution in [-0.2, 0) is 0 Å². The number of aromatic nitrogens is 2. The molecule has 22 heavy (non-hydrogen) atoms. The van der Waals surface area contributed by atoms with Gasteiger partial charge in [-0.1, -0.05) is 17.7 Å². The van der Waals surface area contributed by atoms with Gasteiger partial charge in [-0.25, -0.2) is 9.78 Å². The Kier molecular flexibility index (Phi) is 3.73. The van der Waals surface area contributed by atoms with Crippen molar-refractivity contribution in [1.29, 1.82) is 0 Å². The van der Waals surface area contributed by atoms with Gasteiger partial charge in [-0.2, -0.15) is 0 Å². The number of pyridine rings is 1. The summed E-state index contributed by atoms with van der Waals surface area (Å²) >= 11 is 5.90. The summed E-state index contributed by atoms with van der Waals surface area (Å²) in [7, 11) is 0. The number of aryl methyl sites for hydroxylation is 2. The van der Waals surface area contributed by atoms with Crippen LogP contribution >= 0.6 is 11.6 Å². The molecular formula is C16H15ClN4O. The Balaban J connectivity index is 1.84. The molecule has 2 heterocycles. The second-order valence-corrected chi connectivity index (χ2v) is 5.42. The number of hydrogen-bond acceptors (Lipinski definition) is 2. The molecule has 0 atom stereocenters. The molecule has 0 aliphatic rings. The average molecular weight is 315 g/mol. The van der Waals surface area contributed by atoms with Gasteiger partial charge in [0, 0.05) is 22.6 Å². The second-order valence-electron chi connectivity index (χ2n) is 4.99. The molecule has 3 rings (SSSR count). The number of carbonyl (C=O) groups is 1. The summed E-state index contributed by atoms with van der Waals surface area (Å²) in [5, 5.41) is 6.13. The summed E-state index contributed by atoms with van der Waals surface area (Å²) in [6.45, 7) is 3.93. The summed E-state index contributed by atoms with van der Waals surface area (Å²) in [5.41, 5.74) is 3.99. The summed E-state index contributed by atoms with van der Waals surface area (Å²) in [6, 6.07) is 10.3. The highest BCUT2D eigenvalue weighted by atomic mass is 35.5. The highest BCUT2D eigenvalue weighted by Crippen LogP contribution is 2.20. The SMILES string of the molecule is Cc1nc2c(NC(=O)Nc3cccc(Cl)c3)cccn2c1C. The first-order valence-corrected chi connectivity index (χ1v) is 7.20. The van der Waals surface area contributed by atoms with Crippen LogP contribution in [0, 0.1) is 13.8 Å². The molecule has 0 fully saturated rings. The highest BCUT2D eigenvalue weighted by Gasteiger charge is 2.10. The van der Waals surface area contributed by atoms with Gasteiger partial charge in [-0.15, -0.1) is 0 Å². The maximum atomic E-state index is 12.1. The molecule has 0 radical (unpaired) electrons. The largest absolute Gasteiger partial charge is 0.323 e. The molecule has 0 unspecified atom stereocenters. The first-order chi connectivity index (χ1) is 10.5. The maximum absolute atomic E-state index is 12.1. The number of amides is 2. The van der Waals surface area contributed by atoms with Crippen molar-refractivity contribution in [1.82, 2.24) is 9.38 Å². The van der Waals surface area contributed by atoms with E-state index in [0.29, 0.717) is 16.4 Å². The number of urea groups is 1. The standard InChI is InChI=1S/C16H15ClN4O/c1-10-11(2)21-8-4-7-14(15(21)18-10)20-16(22)19-13-6-3-5-12(17)9-13/h3-9H,1-2H3,(H2,19,20,22). The van der Waals surface area contributed by atoms with Gasteiger partial charge in [-0.3, -0.25) is 0 Å². The van der Waals surface area contributed by atoms with Gasteiger partial charge in [0.1, 0.15) is 0 Å². The minimum absolute atomic E-state index is 0.339. The first kappa shape index (κ1) is 14.4. The van der Waals surface area contributed by atoms with Crippen LogP contribution in [0.4, 0.5) is 16.2 Å². The number of rotatable bonds is 2. The Morgan fingerprint density at radius 2 is 2.00 bits per heavy atom. The third-order valence-corrected chi connectivity index (χ3v) is 3.69. The van der Waals surface area contributed by atoms with Crippen LogP contribution < -0.4 is 10.6 Å². The fraction of sp³-hybridized carbons (Fsp3) is 0.125. The number of nitrogens with one attached hydrogen (secondary N) is 2. The van der Waals surface area contributed by atoms with Crippen molar-refractivity contribution in [3.63, 3.8) is 0 Å². The number of imidazole rings is 1. The topological polar surface area (TPSA) is 58.4 Å². The van der Waals surface area contributed by atoms with Crippen LogP contribution in [0.15, 0.2) is 42.6 Å². The van der Waals surface area contributed by atoms with Gasteiger partial charge in [0.15, 0.2) is 5.65 Å². The molecule has 5 nitrogen and oxygen atoms in total. The van der Waals surface area contributed by atoms with Gasteiger partial charge in [-0.05, 0) is 44.2 Å². The van der Waals surface area contributed by atoms with E-state index in [1.54, 1.807) is 24.3 Å². The number of nitrogens with zero attached hydrogens (tertiary/aromatic N) is 2. The zero-order chi connectivity index (χ0) is 15.7. The molecule has 1 aromatic carbocycles. The molecule has 0 aliphatic carbocycles. The molecule has 0 spiro atoms. The lowest BCUT2D eigenvalue weighted by atomic mass is 10.3. The fourth-order valence-corrected chi connectivity index (χ4v) is 2.44.